The highest BCUT2D eigenvalue weighted by molar-refractivity contribution is 5.49. The van der Waals surface area contributed by atoms with Gasteiger partial charge in [0.1, 0.15) is 5.69 Å². The Bertz CT molecular complexity index is 604. The van der Waals surface area contributed by atoms with Gasteiger partial charge in [-0.25, -0.2) is 15.0 Å². The van der Waals surface area contributed by atoms with E-state index in [4.69, 9.17) is 4.98 Å². The van der Waals surface area contributed by atoms with Crippen LogP contribution in [0.4, 0.5) is 0 Å². The zero-order chi connectivity index (χ0) is 14.7. The van der Waals surface area contributed by atoms with Crippen LogP contribution in [0.5, 0.6) is 0 Å². The molecule has 0 bridgehead atoms. The Labute approximate surface area is 125 Å². The SMILES string of the molecule is CCCNC1CCCCc2nc(-c3cncn3C)ncc21. The van der Waals surface area contributed by atoms with Gasteiger partial charge in [-0.15, -0.1) is 0 Å². The number of imidazole rings is 1. The molecule has 0 spiro atoms. The summed E-state index contributed by atoms with van der Waals surface area (Å²) in [6, 6.07) is 0.406. The molecule has 3 rings (SSSR count). The van der Waals surface area contributed by atoms with Crippen molar-refractivity contribution >= 4 is 0 Å². The first-order valence-corrected chi connectivity index (χ1v) is 7.85. The largest absolute Gasteiger partial charge is 0.331 e. The number of aryl methyl sites for hydroxylation is 2. The molecule has 1 N–H and O–H groups in total. The van der Waals surface area contributed by atoms with Gasteiger partial charge in [-0.1, -0.05) is 13.3 Å². The summed E-state index contributed by atoms with van der Waals surface area (Å²) in [6.07, 6.45) is 11.5. The predicted molar refractivity (Wildman–Crippen MR) is 82.8 cm³/mol. The van der Waals surface area contributed by atoms with E-state index in [0.717, 1.165) is 30.9 Å². The second kappa shape index (κ2) is 6.35. The van der Waals surface area contributed by atoms with Gasteiger partial charge in [-0.2, -0.15) is 0 Å². The maximum absolute atomic E-state index is 4.82. The zero-order valence-corrected chi connectivity index (χ0v) is 12.8. The number of nitrogens with zero attached hydrogens (tertiary/aromatic N) is 4. The van der Waals surface area contributed by atoms with Gasteiger partial charge >= 0.3 is 0 Å². The minimum absolute atomic E-state index is 0.406. The lowest BCUT2D eigenvalue weighted by Crippen LogP contribution is -2.23. The number of rotatable bonds is 4. The van der Waals surface area contributed by atoms with Crippen molar-refractivity contribution in [3.63, 3.8) is 0 Å². The Hall–Kier alpha value is -1.75. The van der Waals surface area contributed by atoms with E-state index in [1.807, 2.05) is 24.0 Å². The molecule has 21 heavy (non-hydrogen) atoms. The van der Waals surface area contributed by atoms with Gasteiger partial charge in [-0.05, 0) is 32.2 Å². The van der Waals surface area contributed by atoms with Gasteiger partial charge in [0.25, 0.3) is 0 Å². The molecule has 0 saturated heterocycles. The van der Waals surface area contributed by atoms with E-state index in [9.17, 15) is 0 Å². The summed E-state index contributed by atoms with van der Waals surface area (Å²) in [5.41, 5.74) is 3.46. The van der Waals surface area contributed by atoms with Crippen molar-refractivity contribution in [3.05, 3.63) is 30.0 Å². The van der Waals surface area contributed by atoms with Gasteiger partial charge in [0.15, 0.2) is 5.82 Å². The van der Waals surface area contributed by atoms with E-state index in [1.165, 1.54) is 30.5 Å². The van der Waals surface area contributed by atoms with Gasteiger partial charge < -0.3 is 9.88 Å². The number of aromatic nitrogens is 4. The molecule has 1 aliphatic carbocycles. The highest BCUT2D eigenvalue weighted by atomic mass is 15.1. The van der Waals surface area contributed by atoms with Crippen molar-refractivity contribution in [1.29, 1.82) is 0 Å². The quantitative estimate of drug-likeness (QED) is 0.877. The Morgan fingerprint density at radius 3 is 3.00 bits per heavy atom. The molecule has 1 aliphatic rings. The predicted octanol–water partition coefficient (Wildman–Crippen LogP) is 2.64. The number of fused-ring (bicyclic) bond motifs is 1. The third kappa shape index (κ3) is 2.97. The maximum Gasteiger partial charge on any atom is 0.178 e. The number of hydrogen-bond donors (Lipinski definition) is 1. The average Bonchev–Trinajstić information content (AvgIpc) is 2.82. The van der Waals surface area contributed by atoms with E-state index < -0.39 is 0 Å². The van der Waals surface area contributed by atoms with Crippen LogP contribution in [0.2, 0.25) is 0 Å². The Morgan fingerprint density at radius 1 is 1.33 bits per heavy atom. The van der Waals surface area contributed by atoms with Gasteiger partial charge in [0.2, 0.25) is 0 Å². The van der Waals surface area contributed by atoms with E-state index >= 15 is 0 Å². The van der Waals surface area contributed by atoms with Crippen molar-refractivity contribution in [3.8, 4) is 11.5 Å². The molecule has 1 atom stereocenters. The smallest absolute Gasteiger partial charge is 0.178 e. The average molecular weight is 285 g/mol. The lowest BCUT2D eigenvalue weighted by atomic mass is 10.0. The molecule has 112 valence electrons. The van der Waals surface area contributed by atoms with Gasteiger partial charge in [0.05, 0.1) is 12.5 Å². The molecule has 0 fully saturated rings. The zero-order valence-electron chi connectivity index (χ0n) is 12.8. The minimum Gasteiger partial charge on any atom is -0.331 e. The molecule has 5 nitrogen and oxygen atoms in total. The van der Waals surface area contributed by atoms with Crippen molar-refractivity contribution in [1.82, 2.24) is 24.8 Å². The van der Waals surface area contributed by atoms with E-state index in [-0.39, 0.29) is 0 Å². The molecule has 2 aromatic rings. The van der Waals surface area contributed by atoms with Crippen LogP contribution < -0.4 is 5.32 Å². The van der Waals surface area contributed by atoms with Crippen molar-refractivity contribution in [2.75, 3.05) is 6.54 Å². The first-order valence-electron chi connectivity index (χ1n) is 7.85. The topological polar surface area (TPSA) is 55.6 Å². The molecular formula is C16H23N5. The highest BCUT2D eigenvalue weighted by Gasteiger charge is 2.20. The highest BCUT2D eigenvalue weighted by Crippen LogP contribution is 2.28. The molecule has 0 radical (unpaired) electrons. The summed E-state index contributed by atoms with van der Waals surface area (Å²) in [5, 5.41) is 3.64. The van der Waals surface area contributed by atoms with Crippen LogP contribution in [0.1, 0.15) is 49.9 Å². The summed E-state index contributed by atoms with van der Waals surface area (Å²) in [7, 11) is 1.98. The van der Waals surface area contributed by atoms with Gasteiger partial charge in [-0.3, -0.25) is 0 Å². The van der Waals surface area contributed by atoms with Crippen LogP contribution in [0.15, 0.2) is 18.7 Å². The molecule has 2 aromatic heterocycles. The summed E-state index contributed by atoms with van der Waals surface area (Å²) >= 11 is 0. The maximum atomic E-state index is 4.82. The number of hydrogen-bond acceptors (Lipinski definition) is 4. The summed E-state index contributed by atoms with van der Waals surface area (Å²) in [4.78, 5) is 13.6. The van der Waals surface area contributed by atoms with Crippen LogP contribution >= 0.6 is 0 Å². The van der Waals surface area contributed by atoms with Crippen LogP contribution in [-0.2, 0) is 13.5 Å². The Morgan fingerprint density at radius 2 is 2.24 bits per heavy atom. The van der Waals surface area contributed by atoms with Crippen LogP contribution in [0.25, 0.3) is 11.5 Å². The fourth-order valence-corrected chi connectivity index (χ4v) is 2.94. The van der Waals surface area contributed by atoms with Crippen molar-refractivity contribution in [2.45, 2.75) is 45.1 Å². The number of nitrogens with one attached hydrogen (secondary N) is 1. The van der Waals surface area contributed by atoms with Gasteiger partial charge in [0, 0.05) is 30.5 Å². The second-order valence-corrected chi connectivity index (χ2v) is 5.74. The van der Waals surface area contributed by atoms with Crippen molar-refractivity contribution < 1.29 is 0 Å². The lowest BCUT2D eigenvalue weighted by Gasteiger charge is -2.18. The molecular weight excluding hydrogens is 262 g/mol. The second-order valence-electron chi connectivity index (χ2n) is 5.74. The van der Waals surface area contributed by atoms with Crippen LogP contribution in [-0.4, -0.2) is 26.1 Å². The van der Waals surface area contributed by atoms with E-state index in [1.54, 1.807) is 6.33 Å². The first kappa shape index (κ1) is 14.2. The van der Waals surface area contributed by atoms with Crippen LogP contribution in [0, 0.1) is 0 Å². The summed E-state index contributed by atoms with van der Waals surface area (Å²) < 4.78 is 1.96. The normalized spacial score (nSPS) is 18.3. The molecule has 5 heteroatoms. The molecule has 0 aliphatic heterocycles. The first-order chi connectivity index (χ1) is 10.3. The molecule has 1 unspecified atom stereocenters. The molecule has 0 saturated carbocycles. The summed E-state index contributed by atoms with van der Waals surface area (Å²) in [6.45, 7) is 3.25. The summed E-state index contributed by atoms with van der Waals surface area (Å²) in [5.74, 6) is 0.782. The molecule has 0 aromatic carbocycles. The third-order valence-corrected chi connectivity index (χ3v) is 4.12. The fraction of sp³-hybridized carbons (Fsp3) is 0.562. The lowest BCUT2D eigenvalue weighted by molar-refractivity contribution is 0.488. The standard InChI is InChI=1S/C16H23N5/c1-3-8-18-13-6-4-5-7-14-12(13)9-19-16(20-14)15-10-17-11-21(15)2/h9-11,13,18H,3-8H2,1-2H3. The van der Waals surface area contributed by atoms with E-state index in [0.29, 0.717) is 6.04 Å². The Balaban J connectivity index is 1.93. The molecule has 2 heterocycles. The third-order valence-electron chi connectivity index (χ3n) is 4.12. The van der Waals surface area contributed by atoms with Crippen LogP contribution in [0.3, 0.4) is 0 Å². The van der Waals surface area contributed by atoms with Crippen molar-refractivity contribution in [2.24, 2.45) is 7.05 Å². The van der Waals surface area contributed by atoms with E-state index in [2.05, 4.69) is 22.2 Å². The fourth-order valence-electron chi connectivity index (χ4n) is 2.94. The Kier molecular flexibility index (Phi) is 4.29. The monoisotopic (exact) mass is 285 g/mol. The minimum atomic E-state index is 0.406. The molecule has 0 amide bonds.